The molecular formula is C22H26N4O. The van der Waals surface area contributed by atoms with Gasteiger partial charge in [-0.3, -0.25) is 4.79 Å². The second-order valence-electron chi connectivity index (χ2n) is 7.46. The van der Waals surface area contributed by atoms with Gasteiger partial charge in [-0.05, 0) is 49.1 Å². The van der Waals surface area contributed by atoms with E-state index in [9.17, 15) is 4.79 Å². The SMILES string of the molecule is CC(=O)Nc1ncc(CCn2c3c(c4cc(C)ccc42)CNCC3)cc1C. The van der Waals surface area contributed by atoms with Crippen molar-refractivity contribution in [2.24, 2.45) is 0 Å². The number of amides is 1. The first-order valence-electron chi connectivity index (χ1n) is 9.57. The number of fused-ring (bicyclic) bond motifs is 3. The van der Waals surface area contributed by atoms with Crippen LogP contribution in [0.15, 0.2) is 30.5 Å². The van der Waals surface area contributed by atoms with E-state index in [1.807, 2.05) is 13.1 Å². The highest BCUT2D eigenvalue weighted by molar-refractivity contribution is 5.88. The Balaban J connectivity index is 1.63. The smallest absolute Gasteiger partial charge is 0.222 e. The topological polar surface area (TPSA) is 59.0 Å². The van der Waals surface area contributed by atoms with Crippen LogP contribution in [0.3, 0.4) is 0 Å². The average molecular weight is 362 g/mol. The number of pyridine rings is 1. The molecule has 1 aromatic carbocycles. The van der Waals surface area contributed by atoms with Crippen LogP contribution in [0, 0.1) is 13.8 Å². The second-order valence-corrected chi connectivity index (χ2v) is 7.46. The maximum absolute atomic E-state index is 11.3. The summed E-state index contributed by atoms with van der Waals surface area (Å²) in [5, 5.41) is 7.67. The predicted octanol–water partition coefficient (Wildman–Crippen LogP) is 3.50. The Labute approximate surface area is 159 Å². The fourth-order valence-corrected chi connectivity index (χ4v) is 4.06. The molecule has 0 bridgehead atoms. The summed E-state index contributed by atoms with van der Waals surface area (Å²) in [6.45, 7) is 8.58. The quantitative estimate of drug-likeness (QED) is 0.747. The molecule has 0 aliphatic carbocycles. The predicted molar refractivity (Wildman–Crippen MR) is 109 cm³/mol. The van der Waals surface area contributed by atoms with Crippen molar-refractivity contribution in [1.29, 1.82) is 0 Å². The van der Waals surface area contributed by atoms with Gasteiger partial charge in [0.25, 0.3) is 0 Å². The summed E-state index contributed by atoms with van der Waals surface area (Å²) in [6.07, 6.45) is 3.87. The number of benzene rings is 1. The van der Waals surface area contributed by atoms with Gasteiger partial charge in [0.2, 0.25) is 5.91 Å². The van der Waals surface area contributed by atoms with Gasteiger partial charge in [0, 0.05) is 55.8 Å². The molecule has 1 amide bonds. The number of carbonyl (C=O) groups is 1. The fraction of sp³-hybridized carbons (Fsp3) is 0.364. The van der Waals surface area contributed by atoms with Crippen molar-refractivity contribution >= 4 is 22.6 Å². The Morgan fingerprint density at radius 2 is 2.15 bits per heavy atom. The van der Waals surface area contributed by atoms with E-state index in [2.05, 4.69) is 51.4 Å². The first-order valence-corrected chi connectivity index (χ1v) is 9.57. The first-order chi connectivity index (χ1) is 13.0. The standard InChI is InChI=1S/C22H26N4O/c1-14-4-5-20-18(10-14)19-13-23-8-6-21(19)26(20)9-7-17-11-15(2)22(24-12-17)25-16(3)27/h4-5,10-12,23H,6-9,13H2,1-3H3,(H,24,25,27). The summed E-state index contributed by atoms with van der Waals surface area (Å²) in [5.41, 5.74) is 7.75. The van der Waals surface area contributed by atoms with Gasteiger partial charge in [-0.1, -0.05) is 17.7 Å². The highest BCUT2D eigenvalue weighted by Gasteiger charge is 2.19. The molecule has 5 nitrogen and oxygen atoms in total. The largest absolute Gasteiger partial charge is 0.344 e. The normalized spacial score (nSPS) is 13.6. The van der Waals surface area contributed by atoms with Crippen LogP contribution >= 0.6 is 0 Å². The van der Waals surface area contributed by atoms with E-state index in [4.69, 9.17) is 0 Å². The molecule has 0 saturated heterocycles. The molecular weight excluding hydrogens is 336 g/mol. The van der Waals surface area contributed by atoms with Crippen LogP contribution in [-0.2, 0) is 30.7 Å². The van der Waals surface area contributed by atoms with Crippen LogP contribution in [0.25, 0.3) is 10.9 Å². The molecule has 0 saturated carbocycles. The van der Waals surface area contributed by atoms with Gasteiger partial charge >= 0.3 is 0 Å². The Morgan fingerprint density at radius 3 is 2.93 bits per heavy atom. The van der Waals surface area contributed by atoms with Crippen LogP contribution in [-0.4, -0.2) is 22.0 Å². The van der Waals surface area contributed by atoms with Crippen LogP contribution in [0.5, 0.6) is 0 Å². The van der Waals surface area contributed by atoms with E-state index >= 15 is 0 Å². The number of carbonyl (C=O) groups excluding carboxylic acids is 1. The lowest BCUT2D eigenvalue weighted by molar-refractivity contribution is -0.114. The second kappa shape index (κ2) is 7.16. The minimum Gasteiger partial charge on any atom is -0.344 e. The van der Waals surface area contributed by atoms with Crippen LogP contribution in [0.2, 0.25) is 0 Å². The van der Waals surface area contributed by atoms with E-state index in [0.717, 1.165) is 38.0 Å². The third-order valence-corrected chi connectivity index (χ3v) is 5.34. The summed E-state index contributed by atoms with van der Waals surface area (Å²) >= 11 is 0. The van der Waals surface area contributed by atoms with Crippen LogP contribution in [0.1, 0.15) is 34.9 Å². The molecule has 4 rings (SSSR count). The number of rotatable bonds is 4. The van der Waals surface area contributed by atoms with Crippen LogP contribution in [0.4, 0.5) is 5.82 Å². The van der Waals surface area contributed by atoms with Crippen LogP contribution < -0.4 is 10.6 Å². The fourth-order valence-electron chi connectivity index (χ4n) is 4.06. The van der Waals surface area contributed by atoms with Gasteiger partial charge in [-0.2, -0.15) is 0 Å². The molecule has 0 fully saturated rings. The molecule has 5 heteroatoms. The van der Waals surface area contributed by atoms with Crippen molar-refractivity contribution < 1.29 is 4.79 Å². The third-order valence-electron chi connectivity index (χ3n) is 5.34. The Morgan fingerprint density at radius 1 is 1.30 bits per heavy atom. The van der Waals surface area contributed by atoms with Gasteiger partial charge in [-0.25, -0.2) is 4.98 Å². The number of hydrogen-bond acceptors (Lipinski definition) is 3. The number of aryl methyl sites for hydroxylation is 4. The maximum Gasteiger partial charge on any atom is 0.222 e. The summed E-state index contributed by atoms with van der Waals surface area (Å²) in [5.74, 6) is 0.560. The molecule has 0 unspecified atom stereocenters. The molecule has 0 spiro atoms. The van der Waals surface area contributed by atoms with E-state index < -0.39 is 0 Å². The average Bonchev–Trinajstić information content (AvgIpc) is 2.95. The van der Waals surface area contributed by atoms with Crippen molar-refractivity contribution in [3.8, 4) is 0 Å². The molecule has 27 heavy (non-hydrogen) atoms. The van der Waals surface area contributed by atoms with E-state index in [0.29, 0.717) is 5.82 Å². The summed E-state index contributed by atoms with van der Waals surface area (Å²) < 4.78 is 2.49. The first kappa shape index (κ1) is 17.7. The van der Waals surface area contributed by atoms with E-state index in [-0.39, 0.29) is 5.91 Å². The molecule has 1 aliphatic heterocycles. The minimum atomic E-state index is -0.0901. The summed E-state index contributed by atoms with van der Waals surface area (Å²) in [6, 6.07) is 8.89. The zero-order valence-electron chi connectivity index (χ0n) is 16.2. The molecule has 140 valence electrons. The Bertz CT molecular complexity index is 1020. The number of aromatic nitrogens is 2. The lowest BCUT2D eigenvalue weighted by atomic mass is 10.0. The number of hydrogen-bond donors (Lipinski definition) is 2. The molecule has 3 heterocycles. The van der Waals surface area contributed by atoms with Crippen molar-refractivity contribution in [3.05, 3.63) is 58.4 Å². The molecule has 2 N–H and O–H groups in total. The lowest BCUT2D eigenvalue weighted by Gasteiger charge is -2.17. The summed E-state index contributed by atoms with van der Waals surface area (Å²) in [7, 11) is 0. The van der Waals surface area contributed by atoms with E-state index in [1.54, 1.807) is 0 Å². The molecule has 0 radical (unpaired) electrons. The van der Waals surface area contributed by atoms with Gasteiger partial charge in [0.15, 0.2) is 0 Å². The van der Waals surface area contributed by atoms with Gasteiger partial charge in [0.05, 0.1) is 0 Å². The highest BCUT2D eigenvalue weighted by atomic mass is 16.1. The molecule has 0 atom stereocenters. The lowest BCUT2D eigenvalue weighted by Crippen LogP contribution is -2.24. The van der Waals surface area contributed by atoms with Gasteiger partial charge in [0.1, 0.15) is 5.82 Å². The zero-order chi connectivity index (χ0) is 19.0. The zero-order valence-corrected chi connectivity index (χ0v) is 16.2. The maximum atomic E-state index is 11.3. The monoisotopic (exact) mass is 362 g/mol. The molecule has 1 aliphatic rings. The molecule has 3 aromatic rings. The third kappa shape index (κ3) is 3.47. The van der Waals surface area contributed by atoms with Gasteiger partial charge in [-0.15, -0.1) is 0 Å². The van der Waals surface area contributed by atoms with Crippen molar-refractivity contribution in [1.82, 2.24) is 14.9 Å². The number of nitrogens with one attached hydrogen (secondary N) is 2. The summed E-state index contributed by atoms with van der Waals surface area (Å²) in [4.78, 5) is 15.7. The van der Waals surface area contributed by atoms with Crippen molar-refractivity contribution in [3.63, 3.8) is 0 Å². The van der Waals surface area contributed by atoms with E-state index in [1.165, 1.54) is 40.2 Å². The minimum absolute atomic E-state index is 0.0901. The van der Waals surface area contributed by atoms with Crippen molar-refractivity contribution in [2.75, 3.05) is 11.9 Å². The number of nitrogens with zero attached hydrogens (tertiary/aromatic N) is 2. The van der Waals surface area contributed by atoms with Crippen molar-refractivity contribution in [2.45, 2.75) is 46.7 Å². The van der Waals surface area contributed by atoms with Gasteiger partial charge < -0.3 is 15.2 Å². The molecule has 2 aromatic heterocycles. The Kier molecular flexibility index (Phi) is 4.70. The number of anilines is 1. The highest BCUT2D eigenvalue weighted by Crippen LogP contribution is 2.30. The Hall–Kier alpha value is -2.66.